The van der Waals surface area contributed by atoms with Crippen LogP contribution in [-0.2, 0) is 6.42 Å². The monoisotopic (exact) mass is 233 g/mol. The van der Waals surface area contributed by atoms with Crippen LogP contribution < -0.4 is 4.90 Å². The molecule has 0 unspecified atom stereocenters. The number of rotatable bonds is 3. The topological polar surface area (TPSA) is 40.5 Å². The molecule has 17 heavy (non-hydrogen) atoms. The molecule has 0 aliphatic carbocycles. The minimum atomic E-state index is -0.819. The lowest BCUT2D eigenvalue weighted by molar-refractivity contribution is 0.0696. The third-order valence-electron chi connectivity index (χ3n) is 3.43. The molecule has 2 rings (SSSR count). The van der Waals surface area contributed by atoms with Gasteiger partial charge in [0.25, 0.3) is 0 Å². The van der Waals surface area contributed by atoms with Crippen LogP contribution in [0.2, 0.25) is 0 Å². The average Bonchev–Trinajstić information content (AvgIpc) is 2.39. The molecular formula is C14H19NO2. The molecule has 0 spiro atoms. The van der Waals surface area contributed by atoms with E-state index in [-0.39, 0.29) is 0 Å². The van der Waals surface area contributed by atoms with Crippen LogP contribution in [0.25, 0.3) is 0 Å². The zero-order valence-electron chi connectivity index (χ0n) is 10.3. The molecule has 0 bridgehead atoms. The quantitative estimate of drug-likeness (QED) is 0.872. The molecule has 1 fully saturated rings. The Labute approximate surface area is 102 Å². The summed E-state index contributed by atoms with van der Waals surface area (Å²) < 4.78 is 0. The maximum atomic E-state index is 11.2. The van der Waals surface area contributed by atoms with E-state index in [2.05, 4.69) is 11.0 Å². The van der Waals surface area contributed by atoms with E-state index >= 15 is 0 Å². The predicted molar refractivity (Wildman–Crippen MR) is 68.8 cm³/mol. The fourth-order valence-electron chi connectivity index (χ4n) is 2.42. The first-order valence-corrected chi connectivity index (χ1v) is 6.33. The van der Waals surface area contributed by atoms with E-state index in [4.69, 9.17) is 0 Å². The third kappa shape index (κ3) is 2.60. The maximum Gasteiger partial charge on any atom is 0.336 e. The lowest BCUT2D eigenvalue weighted by Gasteiger charge is -2.29. The smallest absolute Gasteiger partial charge is 0.336 e. The van der Waals surface area contributed by atoms with Crippen molar-refractivity contribution in [2.45, 2.75) is 32.6 Å². The van der Waals surface area contributed by atoms with Gasteiger partial charge in [0, 0.05) is 18.8 Å². The number of hydrogen-bond donors (Lipinski definition) is 1. The summed E-state index contributed by atoms with van der Waals surface area (Å²) in [4.78, 5) is 13.5. The second-order valence-electron chi connectivity index (χ2n) is 4.55. The lowest BCUT2D eigenvalue weighted by Crippen LogP contribution is -2.29. The molecule has 1 aliphatic rings. The van der Waals surface area contributed by atoms with Crippen molar-refractivity contribution >= 4 is 11.7 Å². The van der Waals surface area contributed by atoms with Gasteiger partial charge >= 0.3 is 5.97 Å². The molecular weight excluding hydrogens is 214 g/mol. The summed E-state index contributed by atoms with van der Waals surface area (Å²) in [6, 6.07) is 5.83. The first-order valence-electron chi connectivity index (χ1n) is 6.33. The van der Waals surface area contributed by atoms with Crippen molar-refractivity contribution in [3.63, 3.8) is 0 Å². The van der Waals surface area contributed by atoms with Crippen molar-refractivity contribution in [3.05, 3.63) is 29.3 Å². The predicted octanol–water partition coefficient (Wildman–Crippen LogP) is 2.94. The van der Waals surface area contributed by atoms with E-state index in [0.717, 1.165) is 30.8 Å². The zero-order valence-corrected chi connectivity index (χ0v) is 10.3. The highest BCUT2D eigenvalue weighted by molar-refractivity contribution is 5.90. The summed E-state index contributed by atoms with van der Waals surface area (Å²) >= 11 is 0. The number of anilines is 1. The number of carbonyl (C=O) groups is 1. The summed E-state index contributed by atoms with van der Waals surface area (Å²) in [5, 5.41) is 9.20. The van der Waals surface area contributed by atoms with E-state index in [1.165, 1.54) is 19.3 Å². The summed E-state index contributed by atoms with van der Waals surface area (Å²) in [5.41, 5.74) is 2.42. The molecule has 92 valence electrons. The molecule has 0 saturated carbocycles. The van der Waals surface area contributed by atoms with Crippen molar-refractivity contribution in [1.29, 1.82) is 0 Å². The minimum absolute atomic E-state index is 0.454. The van der Waals surface area contributed by atoms with E-state index in [0.29, 0.717) is 5.56 Å². The molecule has 1 aromatic rings. The molecule has 1 saturated heterocycles. The highest BCUT2D eigenvalue weighted by Crippen LogP contribution is 2.23. The molecule has 3 heteroatoms. The van der Waals surface area contributed by atoms with Crippen molar-refractivity contribution in [3.8, 4) is 0 Å². The third-order valence-corrected chi connectivity index (χ3v) is 3.43. The number of aryl methyl sites for hydroxylation is 1. The van der Waals surface area contributed by atoms with Gasteiger partial charge in [0.05, 0.1) is 5.56 Å². The van der Waals surface area contributed by atoms with Crippen molar-refractivity contribution in [2.24, 2.45) is 0 Å². The Morgan fingerprint density at radius 1 is 1.29 bits per heavy atom. The normalized spacial score (nSPS) is 15.9. The summed E-state index contributed by atoms with van der Waals surface area (Å²) in [6.45, 7) is 4.08. The van der Waals surface area contributed by atoms with Gasteiger partial charge in [-0.3, -0.25) is 0 Å². The zero-order chi connectivity index (χ0) is 12.3. The largest absolute Gasteiger partial charge is 0.478 e. The van der Waals surface area contributed by atoms with E-state index in [1.807, 2.05) is 19.1 Å². The Morgan fingerprint density at radius 3 is 2.59 bits per heavy atom. The summed E-state index contributed by atoms with van der Waals surface area (Å²) in [5.74, 6) is -0.819. The highest BCUT2D eigenvalue weighted by Gasteiger charge is 2.15. The van der Waals surface area contributed by atoms with Gasteiger partial charge in [-0.2, -0.15) is 0 Å². The van der Waals surface area contributed by atoms with Gasteiger partial charge in [0.15, 0.2) is 0 Å². The van der Waals surface area contributed by atoms with Gasteiger partial charge in [0.1, 0.15) is 0 Å². The number of piperidine rings is 1. The second-order valence-corrected chi connectivity index (χ2v) is 4.55. The first-order chi connectivity index (χ1) is 8.22. The fourth-order valence-corrected chi connectivity index (χ4v) is 2.42. The number of hydrogen-bond acceptors (Lipinski definition) is 2. The molecule has 1 aromatic carbocycles. The number of nitrogens with zero attached hydrogens (tertiary/aromatic N) is 1. The van der Waals surface area contributed by atoms with Crippen molar-refractivity contribution in [1.82, 2.24) is 0 Å². The van der Waals surface area contributed by atoms with Gasteiger partial charge in [-0.05, 0) is 43.4 Å². The van der Waals surface area contributed by atoms with Crippen molar-refractivity contribution < 1.29 is 9.90 Å². The Morgan fingerprint density at radius 2 is 2.00 bits per heavy atom. The van der Waals surface area contributed by atoms with Crippen LogP contribution in [0.15, 0.2) is 18.2 Å². The molecule has 1 N–H and O–H groups in total. The molecule has 0 radical (unpaired) electrons. The van der Waals surface area contributed by atoms with Crippen LogP contribution in [0, 0.1) is 0 Å². The average molecular weight is 233 g/mol. The summed E-state index contributed by atoms with van der Waals surface area (Å²) in [7, 11) is 0. The van der Waals surface area contributed by atoms with Crippen LogP contribution in [0.4, 0.5) is 5.69 Å². The Bertz CT molecular complexity index is 409. The molecule has 0 amide bonds. The van der Waals surface area contributed by atoms with Crippen LogP contribution in [0.5, 0.6) is 0 Å². The van der Waals surface area contributed by atoms with Gasteiger partial charge in [-0.15, -0.1) is 0 Å². The van der Waals surface area contributed by atoms with E-state index in [9.17, 15) is 9.90 Å². The van der Waals surface area contributed by atoms with E-state index in [1.54, 1.807) is 0 Å². The Balaban J connectivity index is 2.29. The molecule has 1 heterocycles. The van der Waals surface area contributed by atoms with Crippen molar-refractivity contribution in [2.75, 3.05) is 18.0 Å². The second kappa shape index (κ2) is 5.21. The number of aromatic carboxylic acids is 1. The van der Waals surface area contributed by atoms with Crippen LogP contribution in [-0.4, -0.2) is 24.2 Å². The van der Waals surface area contributed by atoms with Gasteiger partial charge < -0.3 is 10.0 Å². The molecule has 0 aromatic heterocycles. The lowest BCUT2D eigenvalue weighted by atomic mass is 10.0. The van der Waals surface area contributed by atoms with Crippen LogP contribution in [0.1, 0.15) is 42.1 Å². The number of carboxylic acids is 1. The van der Waals surface area contributed by atoms with Gasteiger partial charge in [-0.25, -0.2) is 4.79 Å². The SMILES string of the molecule is CCc1ccc(N2CCCCC2)cc1C(=O)O. The Kier molecular flexibility index (Phi) is 3.67. The van der Waals surface area contributed by atoms with E-state index < -0.39 is 5.97 Å². The Hall–Kier alpha value is -1.51. The highest BCUT2D eigenvalue weighted by atomic mass is 16.4. The number of benzene rings is 1. The van der Waals surface area contributed by atoms with Gasteiger partial charge in [0.2, 0.25) is 0 Å². The van der Waals surface area contributed by atoms with Gasteiger partial charge in [-0.1, -0.05) is 13.0 Å². The van der Waals surface area contributed by atoms with Crippen LogP contribution >= 0.6 is 0 Å². The molecule has 0 atom stereocenters. The molecule has 1 aliphatic heterocycles. The summed E-state index contributed by atoms with van der Waals surface area (Å²) in [6.07, 6.45) is 4.47. The van der Waals surface area contributed by atoms with Crippen LogP contribution in [0.3, 0.4) is 0 Å². The molecule has 3 nitrogen and oxygen atoms in total. The first kappa shape index (κ1) is 12.0. The number of carboxylic acid groups (broad SMARTS) is 1. The standard InChI is InChI=1S/C14H19NO2/c1-2-11-6-7-12(10-13(11)14(16)17)15-8-4-3-5-9-15/h6-7,10H,2-5,8-9H2,1H3,(H,16,17). The maximum absolute atomic E-state index is 11.2. The fraction of sp³-hybridized carbons (Fsp3) is 0.500. The minimum Gasteiger partial charge on any atom is -0.478 e.